The first-order chi connectivity index (χ1) is 8.90. The molecule has 0 atom stereocenters. The van der Waals surface area contributed by atoms with E-state index in [0.29, 0.717) is 0 Å². The van der Waals surface area contributed by atoms with Crippen molar-refractivity contribution in [2.24, 2.45) is 0 Å². The quantitative estimate of drug-likeness (QED) is 0.874. The first kappa shape index (κ1) is 11.4. The summed E-state index contributed by atoms with van der Waals surface area (Å²) in [5.41, 5.74) is 1.21. The summed E-state index contributed by atoms with van der Waals surface area (Å²) in [5, 5.41) is 5.80. The molecule has 2 aromatic rings. The maximum atomic E-state index is 5.65. The molecule has 0 aliphatic carbocycles. The minimum atomic E-state index is 0.995. The van der Waals surface area contributed by atoms with Crippen LogP contribution < -0.4 is 15.0 Å². The number of fused-ring (bicyclic) bond motifs is 1. The first-order valence-electron chi connectivity index (χ1n) is 6.41. The van der Waals surface area contributed by atoms with Gasteiger partial charge < -0.3 is 15.0 Å². The van der Waals surface area contributed by atoms with Crippen molar-refractivity contribution in [1.82, 2.24) is 5.32 Å². The molecule has 0 bridgehead atoms. The molecular weight excluding hydrogens is 224 g/mol. The number of nitrogens with one attached hydrogen (secondary N) is 1. The van der Waals surface area contributed by atoms with E-state index in [9.17, 15) is 0 Å². The molecular formula is C15H18N2O. The summed E-state index contributed by atoms with van der Waals surface area (Å²) in [6, 6.07) is 12.7. The summed E-state index contributed by atoms with van der Waals surface area (Å²) >= 11 is 0. The van der Waals surface area contributed by atoms with E-state index in [1.165, 1.54) is 16.5 Å². The molecule has 18 heavy (non-hydrogen) atoms. The normalized spacial score (nSPS) is 15.9. The summed E-state index contributed by atoms with van der Waals surface area (Å²) in [7, 11) is 1.76. The lowest BCUT2D eigenvalue weighted by Crippen LogP contribution is -2.43. The van der Waals surface area contributed by atoms with Gasteiger partial charge in [-0.1, -0.05) is 30.3 Å². The minimum Gasteiger partial charge on any atom is -0.494 e. The van der Waals surface area contributed by atoms with Crippen molar-refractivity contribution in [2.45, 2.75) is 0 Å². The molecule has 1 fully saturated rings. The second-order valence-electron chi connectivity index (χ2n) is 4.58. The molecule has 1 heterocycles. The molecule has 1 N–H and O–H groups in total. The standard InChI is InChI=1S/C15H18N2O/c1-18-15-13-5-3-2-4-12(13)6-7-14(15)17-10-8-16-9-11-17/h2-7,16H,8-11H2,1H3. The van der Waals surface area contributed by atoms with Gasteiger partial charge in [-0.25, -0.2) is 0 Å². The Morgan fingerprint density at radius 3 is 2.61 bits per heavy atom. The molecule has 1 saturated heterocycles. The van der Waals surface area contributed by atoms with Gasteiger partial charge in [0.05, 0.1) is 12.8 Å². The molecule has 0 spiro atoms. The van der Waals surface area contributed by atoms with E-state index in [1.54, 1.807) is 7.11 Å². The van der Waals surface area contributed by atoms with E-state index in [1.807, 2.05) is 0 Å². The molecule has 2 aromatic carbocycles. The van der Waals surface area contributed by atoms with E-state index in [2.05, 4.69) is 46.6 Å². The van der Waals surface area contributed by atoms with Gasteiger partial charge in [0.1, 0.15) is 5.75 Å². The summed E-state index contributed by atoms with van der Waals surface area (Å²) < 4.78 is 5.65. The molecule has 3 nitrogen and oxygen atoms in total. The lowest BCUT2D eigenvalue weighted by Gasteiger charge is -2.31. The van der Waals surface area contributed by atoms with Gasteiger partial charge in [-0.3, -0.25) is 0 Å². The Labute approximate surface area is 107 Å². The van der Waals surface area contributed by atoms with Crippen LogP contribution in [0.25, 0.3) is 10.8 Å². The molecule has 0 saturated carbocycles. The Morgan fingerprint density at radius 2 is 1.83 bits per heavy atom. The van der Waals surface area contributed by atoms with E-state index in [0.717, 1.165) is 31.9 Å². The Balaban J connectivity index is 2.10. The molecule has 0 radical (unpaired) electrons. The van der Waals surface area contributed by atoms with Crippen molar-refractivity contribution in [3.8, 4) is 5.75 Å². The molecule has 94 valence electrons. The van der Waals surface area contributed by atoms with Crippen LogP contribution in [0, 0.1) is 0 Å². The fraction of sp³-hybridized carbons (Fsp3) is 0.333. The average Bonchev–Trinajstić information content (AvgIpc) is 2.47. The maximum absolute atomic E-state index is 5.65. The second-order valence-corrected chi connectivity index (χ2v) is 4.58. The van der Waals surface area contributed by atoms with Crippen LogP contribution >= 0.6 is 0 Å². The number of nitrogens with zero attached hydrogens (tertiary/aromatic N) is 1. The molecule has 0 aromatic heterocycles. The predicted octanol–water partition coefficient (Wildman–Crippen LogP) is 2.26. The van der Waals surface area contributed by atoms with Crippen molar-refractivity contribution >= 4 is 16.5 Å². The Morgan fingerprint density at radius 1 is 1.06 bits per heavy atom. The van der Waals surface area contributed by atoms with Crippen LogP contribution in [0.2, 0.25) is 0 Å². The van der Waals surface area contributed by atoms with Gasteiger partial charge in [-0.05, 0) is 11.5 Å². The topological polar surface area (TPSA) is 24.5 Å². The second kappa shape index (κ2) is 4.86. The van der Waals surface area contributed by atoms with E-state index < -0.39 is 0 Å². The van der Waals surface area contributed by atoms with Crippen LogP contribution in [-0.4, -0.2) is 33.3 Å². The summed E-state index contributed by atoms with van der Waals surface area (Å²) in [4.78, 5) is 2.39. The summed E-state index contributed by atoms with van der Waals surface area (Å²) in [6.45, 7) is 4.15. The van der Waals surface area contributed by atoms with Crippen LogP contribution in [0.5, 0.6) is 5.75 Å². The third-order valence-corrected chi connectivity index (χ3v) is 3.52. The fourth-order valence-corrected chi connectivity index (χ4v) is 2.60. The van der Waals surface area contributed by atoms with Gasteiger partial charge in [-0.15, -0.1) is 0 Å². The van der Waals surface area contributed by atoms with Crippen molar-refractivity contribution < 1.29 is 4.74 Å². The van der Waals surface area contributed by atoms with Crippen molar-refractivity contribution in [1.29, 1.82) is 0 Å². The van der Waals surface area contributed by atoms with E-state index in [4.69, 9.17) is 4.74 Å². The largest absolute Gasteiger partial charge is 0.494 e. The third kappa shape index (κ3) is 1.91. The van der Waals surface area contributed by atoms with Gasteiger partial charge in [0.2, 0.25) is 0 Å². The Kier molecular flexibility index (Phi) is 3.07. The number of methoxy groups -OCH3 is 1. The van der Waals surface area contributed by atoms with Crippen molar-refractivity contribution in [2.75, 3.05) is 38.2 Å². The zero-order valence-corrected chi connectivity index (χ0v) is 10.6. The number of hydrogen-bond acceptors (Lipinski definition) is 3. The molecule has 0 unspecified atom stereocenters. The van der Waals surface area contributed by atoms with Gasteiger partial charge in [0, 0.05) is 31.6 Å². The molecule has 3 rings (SSSR count). The lowest BCUT2D eigenvalue weighted by molar-refractivity contribution is 0.418. The summed E-state index contributed by atoms with van der Waals surface area (Å²) in [6.07, 6.45) is 0. The highest BCUT2D eigenvalue weighted by molar-refractivity contribution is 5.93. The van der Waals surface area contributed by atoms with Gasteiger partial charge >= 0.3 is 0 Å². The number of benzene rings is 2. The van der Waals surface area contributed by atoms with Gasteiger partial charge in [0.25, 0.3) is 0 Å². The van der Waals surface area contributed by atoms with Crippen LogP contribution in [0.1, 0.15) is 0 Å². The maximum Gasteiger partial charge on any atom is 0.149 e. The third-order valence-electron chi connectivity index (χ3n) is 3.52. The highest BCUT2D eigenvalue weighted by Gasteiger charge is 2.16. The Bertz CT molecular complexity index is 547. The van der Waals surface area contributed by atoms with Gasteiger partial charge in [-0.2, -0.15) is 0 Å². The number of hydrogen-bond donors (Lipinski definition) is 1. The predicted molar refractivity (Wildman–Crippen MR) is 75.6 cm³/mol. The average molecular weight is 242 g/mol. The molecule has 0 amide bonds. The molecule has 1 aliphatic rings. The van der Waals surface area contributed by atoms with Crippen LogP contribution in [0.4, 0.5) is 5.69 Å². The van der Waals surface area contributed by atoms with Crippen molar-refractivity contribution in [3.63, 3.8) is 0 Å². The number of ether oxygens (including phenoxy) is 1. The number of anilines is 1. The van der Waals surface area contributed by atoms with Crippen LogP contribution in [0.3, 0.4) is 0 Å². The lowest BCUT2D eigenvalue weighted by atomic mass is 10.1. The first-order valence-corrected chi connectivity index (χ1v) is 6.41. The minimum absolute atomic E-state index is 0.995. The molecule has 1 aliphatic heterocycles. The van der Waals surface area contributed by atoms with Crippen molar-refractivity contribution in [3.05, 3.63) is 36.4 Å². The Hall–Kier alpha value is -1.74. The van der Waals surface area contributed by atoms with Gasteiger partial charge in [0.15, 0.2) is 0 Å². The SMILES string of the molecule is COc1c(N2CCNCC2)ccc2ccccc12. The zero-order chi connectivity index (χ0) is 12.4. The number of piperazine rings is 1. The monoisotopic (exact) mass is 242 g/mol. The van der Waals surface area contributed by atoms with Crippen LogP contribution in [-0.2, 0) is 0 Å². The van der Waals surface area contributed by atoms with E-state index >= 15 is 0 Å². The zero-order valence-electron chi connectivity index (χ0n) is 10.6. The van der Waals surface area contributed by atoms with Crippen LogP contribution in [0.15, 0.2) is 36.4 Å². The molecule has 3 heteroatoms. The summed E-state index contributed by atoms with van der Waals surface area (Å²) in [5.74, 6) is 0.995. The van der Waals surface area contributed by atoms with E-state index in [-0.39, 0.29) is 0 Å². The smallest absolute Gasteiger partial charge is 0.149 e. The fourth-order valence-electron chi connectivity index (χ4n) is 2.60. The highest BCUT2D eigenvalue weighted by atomic mass is 16.5. The highest BCUT2D eigenvalue weighted by Crippen LogP contribution is 2.36. The number of rotatable bonds is 2.